The Labute approximate surface area is 170 Å². The van der Waals surface area contributed by atoms with E-state index >= 15 is 0 Å². The van der Waals surface area contributed by atoms with Crippen molar-refractivity contribution >= 4 is 21.6 Å². The van der Waals surface area contributed by atoms with Gasteiger partial charge in [-0.1, -0.05) is 54.6 Å². The molecule has 3 aromatic rings. The molecule has 0 atom stereocenters. The number of nitrogens with one attached hydrogen (secondary N) is 2. The summed E-state index contributed by atoms with van der Waals surface area (Å²) in [7, 11) is -3.62. The van der Waals surface area contributed by atoms with Crippen LogP contribution in [0.3, 0.4) is 0 Å². The summed E-state index contributed by atoms with van der Waals surface area (Å²) in [5.41, 5.74) is 3.62. The first-order valence-electron chi connectivity index (χ1n) is 9.53. The predicted octanol–water partition coefficient (Wildman–Crippen LogP) is 4.36. The molecule has 0 bridgehead atoms. The van der Waals surface area contributed by atoms with Gasteiger partial charge in [-0.05, 0) is 49.1 Å². The van der Waals surface area contributed by atoms with Gasteiger partial charge < -0.3 is 5.32 Å². The molecular weight excluding hydrogens is 384 g/mol. The minimum absolute atomic E-state index is 0.0105. The van der Waals surface area contributed by atoms with Gasteiger partial charge in [-0.25, -0.2) is 13.1 Å². The molecule has 29 heavy (non-hydrogen) atoms. The third kappa shape index (κ3) is 4.39. The topological polar surface area (TPSA) is 75.3 Å². The highest BCUT2D eigenvalue weighted by Crippen LogP contribution is 2.29. The van der Waals surface area contributed by atoms with Crippen LogP contribution in [0.15, 0.2) is 77.7 Å². The summed E-state index contributed by atoms with van der Waals surface area (Å²) < 4.78 is 27.7. The van der Waals surface area contributed by atoms with Crippen LogP contribution in [0.1, 0.15) is 28.8 Å². The zero-order chi connectivity index (χ0) is 20.4. The van der Waals surface area contributed by atoms with E-state index in [2.05, 4.69) is 10.0 Å². The highest BCUT2D eigenvalue weighted by atomic mass is 32.2. The number of hydrogen-bond donors (Lipinski definition) is 2. The van der Waals surface area contributed by atoms with E-state index in [1.165, 1.54) is 12.1 Å². The summed E-state index contributed by atoms with van der Waals surface area (Å²) in [5, 5.41) is 2.94. The number of aryl methyl sites for hydroxylation is 1. The molecule has 1 aliphatic rings. The molecule has 1 saturated carbocycles. The van der Waals surface area contributed by atoms with E-state index in [9.17, 15) is 13.2 Å². The first kappa shape index (κ1) is 19.4. The Hall–Kier alpha value is -2.96. The summed E-state index contributed by atoms with van der Waals surface area (Å²) in [6.45, 7) is 1.79. The SMILES string of the molecule is Cc1ccc(S(=O)(=O)NC2CC2)cc1C(=O)Nc1ccccc1-c1ccccc1. The molecule has 4 rings (SSSR count). The van der Waals surface area contributed by atoms with Gasteiger partial charge in [0.25, 0.3) is 5.91 Å². The first-order chi connectivity index (χ1) is 13.9. The van der Waals surface area contributed by atoms with E-state index in [0.717, 1.165) is 24.0 Å². The van der Waals surface area contributed by atoms with E-state index in [1.54, 1.807) is 13.0 Å². The van der Waals surface area contributed by atoms with Gasteiger partial charge in [0.2, 0.25) is 10.0 Å². The second kappa shape index (κ2) is 7.81. The van der Waals surface area contributed by atoms with Crippen molar-refractivity contribution in [3.05, 3.63) is 83.9 Å². The normalized spacial score (nSPS) is 13.8. The molecule has 0 heterocycles. The summed E-state index contributed by atoms with van der Waals surface area (Å²) in [4.78, 5) is 13.1. The lowest BCUT2D eigenvalue weighted by Gasteiger charge is -2.14. The molecular formula is C23H22N2O3S. The molecule has 1 aliphatic carbocycles. The van der Waals surface area contributed by atoms with Crippen molar-refractivity contribution < 1.29 is 13.2 Å². The van der Waals surface area contributed by atoms with Crippen molar-refractivity contribution in [2.24, 2.45) is 0 Å². The van der Waals surface area contributed by atoms with Crippen molar-refractivity contribution in [2.75, 3.05) is 5.32 Å². The van der Waals surface area contributed by atoms with E-state index < -0.39 is 10.0 Å². The third-order valence-electron chi connectivity index (χ3n) is 4.92. The van der Waals surface area contributed by atoms with Gasteiger partial charge in [0.05, 0.1) is 4.90 Å². The highest BCUT2D eigenvalue weighted by Gasteiger charge is 2.28. The lowest BCUT2D eigenvalue weighted by atomic mass is 10.0. The van der Waals surface area contributed by atoms with Crippen LogP contribution < -0.4 is 10.0 Å². The van der Waals surface area contributed by atoms with Gasteiger partial charge in [0, 0.05) is 22.9 Å². The van der Waals surface area contributed by atoms with Crippen molar-refractivity contribution in [1.29, 1.82) is 0 Å². The number of sulfonamides is 1. The fraction of sp³-hybridized carbons (Fsp3) is 0.174. The van der Waals surface area contributed by atoms with Crippen molar-refractivity contribution in [3.63, 3.8) is 0 Å². The molecule has 0 spiro atoms. The van der Waals surface area contributed by atoms with Crippen LogP contribution in [-0.4, -0.2) is 20.4 Å². The Morgan fingerprint density at radius 2 is 1.62 bits per heavy atom. The highest BCUT2D eigenvalue weighted by molar-refractivity contribution is 7.89. The number of carbonyl (C=O) groups excluding carboxylic acids is 1. The lowest BCUT2D eigenvalue weighted by Crippen LogP contribution is -2.26. The van der Waals surface area contributed by atoms with Crippen LogP contribution >= 0.6 is 0 Å². The fourth-order valence-corrected chi connectivity index (χ4v) is 4.48. The van der Waals surface area contributed by atoms with E-state index in [4.69, 9.17) is 0 Å². The van der Waals surface area contributed by atoms with Crippen LogP contribution in [0, 0.1) is 6.92 Å². The minimum Gasteiger partial charge on any atom is -0.321 e. The molecule has 6 heteroatoms. The fourth-order valence-electron chi connectivity index (χ4n) is 3.15. The Morgan fingerprint density at radius 1 is 0.931 bits per heavy atom. The molecule has 0 radical (unpaired) electrons. The Bertz CT molecular complexity index is 1150. The smallest absolute Gasteiger partial charge is 0.255 e. The van der Waals surface area contributed by atoms with Crippen LogP contribution in [0.2, 0.25) is 0 Å². The van der Waals surface area contributed by atoms with E-state index in [0.29, 0.717) is 16.8 Å². The zero-order valence-corrected chi connectivity index (χ0v) is 16.9. The molecule has 2 N–H and O–H groups in total. The maximum absolute atomic E-state index is 13.0. The maximum atomic E-state index is 13.0. The number of hydrogen-bond acceptors (Lipinski definition) is 3. The van der Waals surface area contributed by atoms with Gasteiger partial charge in [0.15, 0.2) is 0 Å². The van der Waals surface area contributed by atoms with Gasteiger partial charge in [-0.2, -0.15) is 0 Å². The van der Waals surface area contributed by atoms with Crippen molar-refractivity contribution in [3.8, 4) is 11.1 Å². The minimum atomic E-state index is -3.62. The molecule has 1 fully saturated rings. The van der Waals surface area contributed by atoms with Crippen LogP contribution in [-0.2, 0) is 10.0 Å². The summed E-state index contributed by atoms with van der Waals surface area (Å²) in [6.07, 6.45) is 1.71. The molecule has 0 aliphatic heterocycles. The quantitative estimate of drug-likeness (QED) is 0.639. The molecule has 3 aromatic carbocycles. The van der Waals surface area contributed by atoms with Crippen molar-refractivity contribution in [1.82, 2.24) is 4.72 Å². The largest absolute Gasteiger partial charge is 0.321 e. The molecule has 148 valence electrons. The van der Waals surface area contributed by atoms with Crippen LogP contribution in [0.25, 0.3) is 11.1 Å². The third-order valence-corrected chi connectivity index (χ3v) is 6.44. The average Bonchev–Trinajstić information content (AvgIpc) is 3.52. The lowest BCUT2D eigenvalue weighted by molar-refractivity contribution is 0.102. The molecule has 0 saturated heterocycles. The van der Waals surface area contributed by atoms with Gasteiger partial charge in [-0.15, -0.1) is 0 Å². The molecule has 1 amide bonds. The Morgan fingerprint density at radius 3 is 2.34 bits per heavy atom. The average molecular weight is 407 g/mol. The molecule has 0 aromatic heterocycles. The summed E-state index contributed by atoms with van der Waals surface area (Å²) in [6, 6.07) is 22.0. The van der Waals surface area contributed by atoms with Gasteiger partial charge in [-0.3, -0.25) is 4.79 Å². The first-order valence-corrected chi connectivity index (χ1v) is 11.0. The van der Waals surface area contributed by atoms with E-state index in [-0.39, 0.29) is 16.8 Å². The van der Waals surface area contributed by atoms with Gasteiger partial charge >= 0.3 is 0 Å². The number of anilines is 1. The monoisotopic (exact) mass is 406 g/mol. The number of benzene rings is 3. The Kier molecular flexibility index (Phi) is 5.22. The standard InChI is InChI=1S/C23H22N2O3S/c1-16-11-14-19(29(27,28)25-18-12-13-18)15-21(16)23(26)24-22-10-6-5-9-20(22)17-7-3-2-4-8-17/h2-11,14-15,18,25H,12-13H2,1H3,(H,24,26). The van der Waals surface area contributed by atoms with Crippen LogP contribution in [0.4, 0.5) is 5.69 Å². The molecule has 0 unspecified atom stereocenters. The second-order valence-corrected chi connectivity index (χ2v) is 8.95. The second-order valence-electron chi connectivity index (χ2n) is 7.24. The summed E-state index contributed by atoms with van der Waals surface area (Å²) in [5.74, 6) is -0.339. The van der Waals surface area contributed by atoms with Gasteiger partial charge in [0.1, 0.15) is 0 Å². The number of para-hydroxylation sites is 1. The van der Waals surface area contributed by atoms with Crippen LogP contribution in [0.5, 0.6) is 0 Å². The zero-order valence-electron chi connectivity index (χ0n) is 16.1. The number of amides is 1. The molecule has 5 nitrogen and oxygen atoms in total. The predicted molar refractivity (Wildman–Crippen MR) is 114 cm³/mol. The van der Waals surface area contributed by atoms with E-state index in [1.807, 2.05) is 54.6 Å². The van der Waals surface area contributed by atoms with Crippen molar-refractivity contribution in [2.45, 2.75) is 30.7 Å². The maximum Gasteiger partial charge on any atom is 0.255 e. The summed E-state index contributed by atoms with van der Waals surface area (Å²) >= 11 is 0. The number of rotatable bonds is 6. The Balaban J connectivity index is 1.64. The number of carbonyl (C=O) groups is 1.